The van der Waals surface area contributed by atoms with Crippen LogP contribution in [0.2, 0.25) is 0 Å². The van der Waals surface area contributed by atoms with Crippen molar-refractivity contribution in [2.24, 2.45) is 0 Å². The van der Waals surface area contributed by atoms with Gasteiger partial charge in [0.15, 0.2) is 0 Å². The Balaban J connectivity index is 1.14. The van der Waals surface area contributed by atoms with Crippen molar-refractivity contribution >= 4 is 87.6 Å². The average Bonchev–Trinajstić information content (AvgIpc) is 3.93. The smallest absolute Gasteiger partial charge is 0.135 e. The van der Waals surface area contributed by atoms with E-state index in [9.17, 15) is 5.48 Å². The first-order chi connectivity index (χ1) is 32.5. The Morgan fingerprint density at radius 1 is 0.379 bits per heavy atom. The third-order valence-corrected chi connectivity index (χ3v) is 11.5. The maximum absolute atomic E-state index is 9.47. The van der Waals surface area contributed by atoms with Gasteiger partial charge in [0, 0.05) is 59.4 Å². The van der Waals surface area contributed by atoms with Gasteiger partial charge >= 0.3 is 0 Å². The molecule has 2 aromatic heterocycles. The standard InChI is InChI=1S/C54H36N2OS/c1-4-14-37(15-5-1)39-26-28-42(29-27-39)55(41-19-8-3-9-20-41)44-31-33-52-48(36-44)54-49(23-13-25-53(54)58-52)56(43-21-12-18-40(34-43)38-16-6-2-7-17-38)45-30-32-51-47(35-45)46-22-10-11-24-50(46)57-51/h1-36H/i1D,4D,5D,14D,15D,26D,27D,28D,29D. The maximum atomic E-state index is 9.47. The summed E-state index contributed by atoms with van der Waals surface area (Å²) in [6.07, 6.45) is 0. The van der Waals surface area contributed by atoms with Crippen LogP contribution in [0.15, 0.2) is 223 Å². The number of thiophene rings is 1. The van der Waals surface area contributed by atoms with Crippen molar-refractivity contribution in [2.75, 3.05) is 9.80 Å². The molecule has 11 aromatic rings. The normalized spacial score (nSPS) is 13.6. The highest BCUT2D eigenvalue weighted by molar-refractivity contribution is 7.26. The van der Waals surface area contributed by atoms with Crippen LogP contribution < -0.4 is 9.80 Å². The summed E-state index contributed by atoms with van der Waals surface area (Å²) in [4.78, 5) is 3.96. The Morgan fingerprint density at radius 3 is 1.86 bits per heavy atom. The number of hydrogen-bond acceptors (Lipinski definition) is 4. The largest absolute Gasteiger partial charge is 0.456 e. The summed E-state index contributed by atoms with van der Waals surface area (Å²) >= 11 is 1.64. The summed E-state index contributed by atoms with van der Waals surface area (Å²) in [6, 6.07) is 49.4. The Labute approximate surface area is 353 Å². The van der Waals surface area contributed by atoms with E-state index in [1.165, 1.54) is 0 Å². The van der Waals surface area contributed by atoms with Crippen molar-refractivity contribution in [3.63, 3.8) is 0 Å². The molecule has 11 rings (SSSR count). The highest BCUT2D eigenvalue weighted by atomic mass is 32.1. The van der Waals surface area contributed by atoms with Crippen LogP contribution in [0.4, 0.5) is 34.1 Å². The van der Waals surface area contributed by atoms with E-state index in [4.69, 9.17) is 11.3 Å². The van der Waals surface area contributed by atoms with E-state index in [0.29, 0.717) is 11.4 Å². The number of rotatable bonds is 8. The van der Waals surface area contributed by atoms with Crippen LogP contribution in [0.5, 0.6) is 0 Å². The van der Waals surface area contributed by atoms with Gasteiger partial charge in [0.1, 0.15) is 11.2 Å². The van der Waals surface area contributed by atoms with Gasteiger partial charge in [-0.15, -0.1) is 11.3 Å². The van der Waals surface area contributed by atoms with Crippen LogP contribution in [-0.4, -0.2) is 0 Å². The highest BCUT2D eigenvalue weighted by Crippen LogP contribution is 2.48. The highest BCUT2D eigenvalue weighted by Gasteiger charge is 2.22. The van der Waals surface area contributed by atoms with Crippen molar-refractivity contribution in [3.8, 4) is 22.3 Å². The quantitative estimate of drug-likeness (QED) is 0.153. The van der Waals surface area contributed by atoms with E-state index in [1.807, 2.05) is 91.0 Å². The van der Waals surface area contributed by atoms with Gasteiger partial charge < -0.3 is 14.2 Å². The van der Waals surface area contributed by atoms with Crippen molar-refractivity contribution in [3.05, 3.63) is 218 Å². The third kappa shape index (κ3) is 5.99. The van der Waals surface area contributed by atoms with Gasteiger partial charge in [0.05, 0.1) is 18.0 Å². The summed E-state index contributed by atoms with van der Waals surface area (Å²) in [7, 11) is 0. The molecule has 0 aliphatic carbocycles. The maximum Gasteiger partial charge on any atom is 0.135 e. The summed E-state index contributed by atoms with van der Waals surface area (Å²) in [5.41, 5.74) is 6.80. The summed E-state index contributed by atoms with van der Waals surface area (Å²) in [6.45, 7) is 0. The van der Waals surface area contributed by atoms with E-state index in [1.54, 1.807) is 16.2 Å². The fraction of sp³-hybridized carbons (Fsp3) is 0. The lowest BCUT2D eigenvalue weighted by Gasteiger charge is -2.27. The van der Waals surface area contributed by atoms with Gasteiger partial charge in [-0.1, -0.05) is 127 Å². The van der Waals surface area contributed by atoms with Gasteiger partial charge in [-0.2, -0.15) is 0 Å². The molecule has 4 heteroatoms. The molecule has 0 aliphatic heterocycles. The molecule has 0 saturated carbocycles. The zero-order valence-corrected chi connectivity index (χ0v) is 31.6. The Bertz CT molecular complexity index is 3720. The van der Waals surface area contributed by atoms with Crippen LogP contribution >= 0.6 is 11.3 Å². The van der Waals surface area contributed by atoms with Crippen LogP contribution in [0.25, 0.3) is 64.4 Å². The SMILES string of the molecule is [2H]c1c([2H])c([2H])c(-c2c([2H])c([2H])c(N(c3ccccc3)c3ccc4sc5cccc(N(c6cccc(-c7ccccc7)c6)c6ccc7oc8ccccc8c7c6)c5c4c3)c([2H])c2[2H])c([2H])c1[2H]. The zero-order valence-electron chi connectivity index (χ0n) is 39.8. The molecule has 58 heavy (non-hydrogen) atoms. The van der Waals surface area contributed by atoms with Crippen molar-refractivity contribution in [2.45, 2.75) is 0 Å². The predicted molar refractivity (Wildman–Crippen MR) is 247 cm³/mol. The number of nitrogens with zero attached hydrogens (tertiary/aromatic N) is 2. The fourth-order valence-electron chi connectivity index (χ4n) is 7.76. The molecule has 0 radical (unpaired) electrons. The molecule has 3 nitrogen and oxygen atoms in total. The number of fused-ring (bicyclic) bond motifs is 6. The summed E-state index contributed by atoms with van der Waals surface area (Å²) in [5, 5.41) is 3.87. The molecule has 0 N–H and O–H groups in total. The van der Waals surface area contributed by atoms with Gasteiger partial charge in [-0.05, 0) is 113 Å². The molecule has 0 spiro atoms. The molecule has 0 bridgehead atoms. The summed E-state index contributed by atoms with van der Waals surface area (Å²) in [5.74, 6) is 0. The van der Waals surface area contributed by atoms with Gasteiger partial charge in [0.25, 0.3) is 0 Å². The minimum absolute atomic E-state index is 0.0589. The minimum Gasteiger partial charge on any atom is -0.456 e. The first-order valence-electron chi connectivity index (χ1n) is 23.3. The lowest BCUT2D eigenvalue weighted by molar-refractivity contribution is 0.669. The van der Waals surface area contributed by atoms with E-state index >= 15 is 0 Å². The molecule has 0 aliphatic rings. The molecule has 0 saturated heterocycles. The van der Waals surface area contributed by atoms with E-state index in [2.05, 4.69) is 77.7 Å². The Morgan fingerprint density at radius 2 is 1.02 bits per heavy atom. The molecular formula is C54H36N2OS. The number of furan rings is 1. The third-order valence-electron chi connectivity index (χ3n) is 10.4. The average molecular weight is 770 g/mol. The molecule has 0 fully saturated rings. The molecule has 274 valence electrons. The first kappa shape index (κ1) is 25.7. The number of anilines is 6. The van der Waals surface area contributed by atoms with Gasteiger partial charge in [0.2, 0.25) is 0 Å². The number of benzene rings is 9. The van der Waals surface area contributed by atoms with Gasteiger partial charge in [-0.3, -0.25) is 0 Å². The topological polar surface area (TPSA) is 19.6 Å². The second-order valence-electron chi connectivity index (χ2n) is 13.9. The van der Waals surface area contributed by atoms with Crippen LogP contribution in [-0.2, 0) is 0 Å². The monoisotopic (exact) mass is 769 g/mol. The molecule has 0 amide bonds. The molecular weight excluding hydrogens is 725 g/mol. The summed E-state index contributed by atoms with van der Waals surface area (Å²) < 4.78 is 87.7. The van der Waals surface area contributed by atoms with Crippen molar-refractivity contribution in [1.29, 1.82) is 0 Å². The minimum atomic E-state index is -0.628. The lowest BCUT2D eigenvalue weighted by atomic mass is 10.0. The van der Waals surface area contributed by atoms with E-state index in [0.717, 1.165) is 70.3 Å². The Hall–Kier alpha value is -7.40. The zero-order chi connectivity index (χ0) is 46.2. The molecule has 9 aromatic carbocycles. The predicted octanol–water partition coefficient (Wildman–Crippen LogP) is 16.2. The van der Waals surface area contributed by atoms with Crippen molar-refractivity contribution < 1.29 is 16.8 Å². The van der Waals surface area contributed by atoms with E-state index < -0.39 is 59.9 Å². The molecule has 0 unspecified atom stereocenters. The second-order valence-corrected chi connectivity index (χ2v) is 14.9. The van der Waals surface area contributed by atoms with Crippen molar-refractivity contribution in [1.82, 2.24) is 0 Å². The Kier molecular flexibility index (Phi) is 6.32. The van der Waals surface area contributed by atoms with Gasteiger partial charge in [-0.25, -0.2) is 0 Å². The number of hydrogen-bond donors (Lipinski definition) is 0. The lowest BCUT2D eigenvalue weighted by Crippen LogP contribution is -2.11. The first-order valence-corrected chi connectivity index (χ1v) is 19.7. The van der Waals surface area contributed by atoms with E-state index in [-0.39, 0.29) is 11.3 Å². The fourth-order valence-corrected chi connectivity index (χ4v) is 8.87. The molecule has 2 heterocycles. The number of para-hydroxylation sites is 2. The van der Waals surface area contributed by atoms with Crippen LogP contribution in [0, 0.1) is 0 Å². The van der Waals surface area contributed by atoms with Crippen LogP contribution in [0.3, 0.4) is 0 Å². The van der Waals surface area contributed by atoms with Crippen LogP contribution in [0.1, 0.15) is 12.3 Å². The second kappa shape index (κ2) is 14.3. The molecule has 0 atom stereocenters.